The molecule has 100 valence electrons. The minimum Gasteiger partial charge on any atom is -0.497 e. The van der Waals surface area contributed by atoms with Gasteiger partial charge >= 0.3 is 0 Å². The predicted molar refractivity (Wildman–Crippen MR) is 79.4 cm³/mol. The van der Waals surface area contributed by atoms with Crippen LogP contribution in [-0.4, -0.2) is 18.0 Å². The Balaban J connectivity index is 2.13. The van der Waals surface area contributed by atoms with Gasteiger partial charge in [-0.25, -0.2) is 0 Å². The highest BCUT2D eigenvalue weighted by Crippen LogP contribution is 2.25. The van der Waals surface area contributed by atoms with Gasteiger partial charge in [-0.3, -0.25) is 4.79 Å². The molecule has 1 aromatic heterocycles. The highest BCUT2D eigenvalue weighted by molar-refractivity contribution is 5.89. The van der Waals surface area contributed by atoms with E-state index in [4.69, 9.17) is 4.74 Å². The number of hydrogen-bond acceptors (Lipinski definition) is 2. The number of carbonyl (C=O) groups excluding carboxylic acids is 1. The SMILES string of the molecule is COc1ccc2cc(C=O)n(Cc3ccccc3)c2c1. The van der Waals surface area contributed by atoms with Crippen molar-refractivity contribution in [3.63, 3.8) is 0 Å². The van der Waals surface area contributed by atoms with Crippen LogP contribution in [0.2, 0.25) is 0 Å². The molecule has 3 nitrogen and oxygen atoms in total. The van der Waals surface area contributed by atoms with E-state index in [2.05, 4.69) is 12.1 Å². The maximum Gasteiger partial charge on any atom is 0.166 e. The normalized spacial score (nSPS) is 10.7. The van der Waals surface area contributed by atoms with Crippen LogP contribution in [0.25, 0.3) is 10.9 Å². The maximum absolute atomic E-state index is 11.3. The molecule has 3 heteroatoms. The molecule has 0 saturated carbocycles. The first kappa shape index (κ1) is 12.5. The molecule has 0 N–H and O–H groups in total. The van der Waals surface area contributed by atoms with Crippen LogP contribution in [0.1, 0.15) is 16.1 Å². The number of benzene rings is 2. The van der Waals surface area contributed by atoms with Gasteiger partial charge in [0.25, 0.3) is 0 Å². The third kappa shape index (κ3) is 2.18. The summed E-state index contributed by atoms with van der Waals surface area (Å²) in [5, 5.41) is 1.05. The van der Waals surface area contributed by atoms with Gasteiger partial charge < -0.3 is 9.30 Å². The molecule has 0 saturated heterocycles. The average molecular weight is 265 g/mol. The Morgan fingerprint density at radius 2 is 1.90 bits per heavy atom. The fourth-order valence-corrected chi connectivity index (χ4v) is 2.42. The van der Waals surface area contributed by atoms with E-state index >= 15 is 0 Å². The number of methoxy groups -OCH3 is 1. The third-order valence-electron chi connectivity index (χ3n) is 3.45. The molecule has 0 unspecified atom stereocenters. The summed E-state index contributed by atoms with van der Waals surface area (Å²) in [6.45, 7) is 0.672. The summed E-state index contributed by atoms with van der Waals surface area (Å²) in [5.41, 5.74) is 2.85. The molecular formula is C17H15NO2. The monoisotopic (exact) mass is 265 g/mol. The summed E-state index contributed by atoms with van der Waals surface area (Å²) in [4.78, 5) is 11.3. The molecule has 3 rings (SSSR count). The Morgan fingerprint density at radius 3 is 2.60 bits per heavy atom. The maximum atomic E-state index is 11.3. The summed E-state index contributed by atoms with van der Waals surface area (Å²) in [5.74, 6) is 0.794. The topological polar surface area (TPSA) is 31.2 Å². The van der Waals surface area contributed by atoms with Crippen LogP contribution in [0.15, 0.2) is 54.6 Å². The van der Waals surface area contributed by atoms with Gasteiger partial charge in [-0.2, -0.15) is 0 Å². The van der Waals surface area contributed by atoms with E-state index in [1.807, 2.05) is 47.0 Å². The van der Waals surface area contributed by atoms with E-state index in [9.17, 15) is 4.79 Å². The second kappa shape index (κ2) is 5.21. The van der Waals surface area contributed by atoms with Gasteiger partial charge in [0.1, 0.15) is 5.75 Å². The second-order valence-corrected chi connectivity index (χ2v) is 4.68. The van der Waals surface area contributed by atoms with Crippen molar-refractivity contribution >= 4 is 17.2 Å². The second-order valence-electron chi connectivity index (χ2n) is 4.68. The average Bonchev–Trinajstić information content (AvgIpc) is 2.85. The number of rotatable bonds is 4. The zero-order valence-electron chi connectivity index (χ0n) is 11.2. The Labute approximate surface area is 117 Å². The van der Waals surface area contributed by atoms with Crippen molar-refractivity contribution in [2.24, 2.45) is 0 Å². The molecular weight excluding hydrogens is 250 g/mol. The van der Waals surface area contributed by atoms with Crippen LogP contribution in [0.4, 0.5) is 0 Å². The van der Waals surface area contributed by atoms with Crippen molar-refractivity contribution in [2.45, 2.75) is 6.54 Å². The first-order valence-corrected chi connectivity index (χ1v) is 6.48. The zero-order chi connectivity index (χ0) is 13.9. The minimum atomic E-state index is 0.672. The highest BCUT2D eigenvalue weighted by Gasteiger charge is 2.09. The molecule has 0 amide bonds. The van der Waals surface area contributed by atoms with Gasteiger partial charge in [-0.1, -0.05) is 30.3 Å². The van der Waals surface area contributed by atoms with Crippen LogP contribution in [0, 0.1) is 0 Å². The van der Waals surface area contributed by atoms with Crippen molar-refractivity contribution in [2.75, 3.05) is 7.11 Å². The minimum absolute atomic E-state index is 0.672. The van der Waals surface area contributed by atoms with Gasteiger partial charge in [0.15, 0.2) is 6.29 Å². The van der Waals surface area contributed by atoms with E-state index in [0.717, 1.165) is 28.5 Å². The molecule has 0 fully saturated rings. The number of carbonyl (C=O) groups is 1. The van der Waals surface area contributed by atoms with Crippen LogP contribution in [0.3, 0.4) is 0 Å². The summed E-state index contributed by atoms with van der Waals surface area (Å²) in [6, 6.07) is 17.9. The summed E-state index contributed by atoms with van der Waals surface area (Å²) in [6.07, 6.45) is 0.898. The van der Waals surface area contributed by atoms with Gasteiger partial charge in [0, 0.05) is 18.0 Å². The fourth-order valence-electron chi connectivity index (χ4n) is 2.42. The van der Waals surface area contributed by atoms with Crippen LogP contribution in [-0.2, 0) is 6.54 Å². The fraction of sp³-hybridized carbons (Fsp3) is 0.118. The number of fused-ring (bicyclic) bond motifs is 1. The van der Waals surface area contributed by atoms with Crippen molar-refractivity contribution in [1.82, 2.24) is 4.57 Å². The number of nitrogens with zero attached hydrogens (tertiary/aromatic N) is 1. The molecule has 0 aliphatic carbocycles. The van der Waals surface area contributed by atoms with E-state index < -0.39 is 0 Å². The van der Waals surface area contributed by atoms with Gasteiger partial charge in [0.05, 0.1) is 18.3 Å². The lowest BCUT2D eigenvalue weighted by atomic mass is 10.2. The predicted octanol–water partition coefficient (Wildman–Crippen LogP) is 3.51. The Bertz CT molecular complexity index is 744. The van der Waals surface area contributed by atoms with E-state index in [0.29, 0.717) is 12.2 Å². The molecule has 0 aliphatic heterocycles. The molecule has 0 aliphatic rings. The molecule has 2 aromatic carbocycles. The Kier molecular flexibility index (Phi) is 3.25. The molecule has 0 spiro atoms. The lowest BCUT2D eigenvalue weighted by molar-refractivity contribution is 0.111. The number of ether oxygens (including phenoxy) is 1. The van der Waals surface area contributed by atoms with Crippen LogP contribution >= 0.6 is 0 Å². The van der Waals surface area contributed by atoms with E-state index in [1.165, 1.54) is 0 Å². The summed E-state index contributed by atoms with van der Waals surface area (Å²) >= 11 is 0. The molecule has 20 heavy (non-hydrogen) atoms. The molecule has 0 radical (unpaired) electrons. The highest BCUT2D eigenvalue weighted by atomic mass is 16.5. The van der Waals surface area contributed by atoms with Gasteiger partial charge in [-0.15, -0.1) is 0 Å². The molecule has 0 bridgehead atoms. The Hall–Kier alpha value is -2.55. The number of aldehydes is 1. The standard InChI is InChI=1S/C17H15NO2/c1-20-16-8-7-14-9-15(12-19)18(17(14)10-16)11-13-5-3-2-4-6-13/h2-10,12H,11H2,1H3. The summed E-state index contributed by atoms with van der Waals surface area (Å²) < 4.78 is 7.28. The largest absolute Gasteiger partial charge is 0.497 e. The quantitative estimate of drug-likeness (QED) is 0.676. The number of hydrogen-bond donors (Lipinski definition) is 0. The van der Waals surface area contributed by atoms with Crippen molar-refractivity contribution < 1.29 is 9.53 Å². The number of aromatic nitrogens is 1. The molecule has 3 aromatic rings. The smallest absolute Gasteiger partial charge is 0.166 e. The zero-order valence-corrected chi connectivity index (χ0v) is 11.2. The van der Waals surface area contributed by atoms with Crippen LogP contribution < -0.4 is 4.74 Å². The van der Waals surface area contributed by atoms with Gasteiger partial charge in [0.2, 0.25) is 0 Å². The first-order valence-electron chi connectivity index (χ1n) is 6.48. The molecule has 1 heterocycles. The lowest BCUT2D eigenvalue weighted by Gasteiger charge is -2.08. The van der Waals surface area contributed by atoms with Crippen molar-refractivity contribution in [1.29, 1.82) is 0 Å². The van der Waals surface area contributed by atoms with Crippen LogP contribution in [0.5, 0.6) is 5.75 Å². The third-order valence-corrected chi connectivity index (χ3v) is 3.45. The van der Waals surface area contributed by atoms with E-state index in [1.54, 1.807) is 7.11 Å². The summed E-state index contributed by atoms with van der Waals surface area (Å²) in [7, 11) is 1.65. The first-order chi connectivity index (χ1) is 9.81. The Morgan fingerprint density at radius 1 is 1.10 bits per heavy atom. The van der Waals surface area contributed by atoms with E-state index in [-0.39, 0.29) is 0 Å². The molecule has 0 atom stereocenters. The lowest BCUT2D eigenvalue weighted by Crippen LogP contribution is -2.03. The van der Waals surface area contributed by atoms with Gasteiger partial charge in [-0.05, 0) is 23.8 Å². The van der Waals surface area contributed by atoms with Crippen molar-refractivity contribution in [3.8, 4) is 5.75 Å². The van der Waals surface area contributed by atoms with Crippen molar-refractivity contribution in [3.05, 3.63) is 65.9 Å².